The number of nitrogens with zero attached hydrogens (tertiary/aromatic N) is 1. The van der Waals surface area contributed by atoms with Gasteiger partial charge in [-0.3, -0.25) is 0 Å². The number of likely N-dealkylation sites (N-methyl/N-ethyl adjacent to an activating group) is 2. The minimum absolute atomic E-state index is 0.514. The average molecular weight is 192 g/mol. The summed E-state index contributed by atoms with van der Waals surface area (Å²) in [5, 5.41) is 3.24. The van der Waals surface area contributed by atoms with Crippen molar-refractivity contribution >= 4 is 5.69 Å². The van der Waals surface area contributed by atoms with Gasteiger partial charge < -0.3 is 10.2 Å². The molecule has 1 rings (SSSR count). The number of nitrogens with one attached hydrogen (secondary N) is 1. The van der Waals surface area contributed by atoms with Gasteiger partial charge in [0.1, 0.15) is 0 Å². The molecule has 0 heterocycles. The molecule has 2 heteroatoms. The first-order valence-electron chi connectivity index (χ1n) is 5.09. The van der Waals surface area contributed by atoms with Gasteiger partial charge in [0.15, 0.2) is 0 Å². The molecule has 0 radical (unpaired) electrons. The molecule has 0 saturated carbocycles. The van der Waals surface area contributed by atoms with E-state index in [9.17, 15) is 0 Å². The van der Waals surface area contributed by atoms with Crippen LogP contribution in [0.1, 0.15) is 12.5 Å². The van der Waals surface area contributed by atoms with E-state index in [2.05, 4.69) is 55.4 Å². The number of rotatable bonds is 4. The second-order valence-corrected chi connectivity index (χ2v) is 3.86. The third kappa shape index (κ3) is 2.74. The number of hydrogen-bond donors (Lipinski definition) is 1. The van der Waals surface area contributed by atoms with Crippen LogP contribution in [0, 0.1) is 6.92 Å². The Morgan fingerprint density at radius 3 is 2.57 bits per heavy atom. The van der Waals surface area contributed by atoms with Crippen LogP contribution in [-0.4, -0.2) is 26.7 Å². The van der Waals surface area contributed by atoms with Crippen molar-refractivity contribution in [3.8, 4) is 0 Å². The van der Waals surface area contributed by atoms with Crippen LogP contribution in [-0.2, 0) is 0 Å². The van der Waals surface area contributed by atoms with Gasteiger partial charge in [0.05, 0.1) is 0 Å². The fraction of sp³-hybridized carbons (Fsp3) is 0.500. The average Bonchev–Trinajstić information content (AvgIpc) is 2.18. The Balaban J connectivity index is 2.69. The van der Waals surface area contributed by atoms with Gasteiger partial charge in [-0.15, -0.1) is 0 Å². The Hall–Kier alpha value is -1.02. The van der Waals surface area contributed by atoms with Crippen LogP contribution >= 0.6 is 0 Å². The van der Waals surface area contributed by atoms with E-state index >= 15 is 0 Å². The van der Waals surface area contributed by atoms with Gasteiger partial charge in [0, 0.05) is 25.3 Å². The molecule has 1 unspecified atom stereocenters. The normalized spacial score (nSPS) is 12.6. The zero-order valence-corrected chi connectivity index (χ0v) is 9.54. The zero-order valence-electron chi connectivity index (χ0n) is 9.54. The first kappa shape index (κ1) is 11.1. The fourth-order valence-electron chi connectivity index (χ4n) is 1.59. The third-order valence-electron chi connectivity index (χ3n) is 2.57. The Kier molecular flexibility index (Phi) is 3.96. The Labute approximate surface area is 86.9 Å². The molecule has 1 aromatic rings. The summed E-state index contributed by atoms with van der Waals surface area (Å²) >= 11 is 0. The van der Waals surface area contributed by atoms with E-state index < -0.39 is 0 Å². The number of benzene rings is 1. The number of para-hydroxylation sites is 1. The van der Waals surface area contributed by atoms with Crippen molar-refractivity contribution in [1.82, 2.24) is 5.32 Å². The summed E-state index contributed by atoms with van der Waals surface area (Å²) in [6, 6.07) is 8.99. The highest BCUT2D eigenvalue weighted by Crippen LogP contribution is 2.17. The van der Waals surface area contributed by atoms with E-state index in [0.29, 0.717) is 6.04 Å². The molecule has 0 aliphatic heterocycles. The van der Waals surface area contributed by atoms with Crippen molar-refractivity contribution in [3.05, 3.63) is 29.8 Å². The predicted molar refractivity (Wildman–Crippen MR) is 63.0 cm³/mol. The number of hydrogen-bond acceptors (Lipinski definition) is 2. The van der Waals surface area contributed by atoms with Crippen molar-refractivity contribution in [1.29, 1.82) is 0 Å². The third-order valence-corrected chi connectivity index (χ3v) is 2.57. The van der Waals surface area contributed by atoms with Gasteiger partial charge in [-0.2, -0.15) is 0 Å². The lowest BCUT2D eigenvalue weighted by molar-refractivity contribution is 0.604. The Morgan fingerprint density at radius 2 is 2.00 bits per heavy atom. The minimum Gasteiger partial charge on any atom is -0.373 e. The van der Waals surface area contributed by atoms with Crippen LogP contribution in [0.3, 0.4) is 0 Å². The summed E-state index contributed by atoms with van der Waals surface area (Å²) in [5.41, 5.74) is 2.65. The molecule has 0 aliphatic carbocycles. The Morgan fingerprint density at radius 1 is 1.36 bits per heavy atom. The molecule has 1 aromatic carbocycles. The smallest absolute Gasteiger partial charge is 0.0393 e. The molecule has 1 N–H and O–H groups in total. The van der Waals surface area contributed by atoms with Crippen molar-refractivity contribution in [2.45, 2.75) is 19.9 Å². The maximum Gasteiger partial charge on any atom is 0.0393 e. The van der Waals surface area contributed by atoms with Crippen LogP contribution < -0.4 is 10.2 Å². The van der Waals surface area contributed by atoms with Crippen LogP contribution in [0.15, 0.2) is 24.3 Å². The number of anilines is 1. The van der Waals surface area contributed by atoms with E-state index in [1.807, 2.05) is 7.05 Å². The molecule has 14 heavy (non-hydrogen) atoms. The Bertz CT molecular complexity index is 283. The van der Waals surface area contributed by atoms with Crippen LogP contribution in [0.4, 0.5) is 5.69 Å². The van der Waals surface area contributed by atoms with Crippen LogP contribution in [0.25, 0.3) is 0 Å². The standard InChI is InChI=1S/C12H20N2/c1-10-7-5-6-8-12(10)14(4)9-11(2)13-3/h5-8,11,13H,9H2,1-4H3. The van der Waals surface area contributed by atoms with Gasteiger partial charge >= 0.3 is 0 Å². The van der Waals surface area contributed by atoms with E-state index in [-0.39, 0.29) is 0 Å². The molecule has 0 amide bonds. The summed E-state index contributed by atoms with van der Waals surface area (Å²) < 4.78 is 0. The van der Waals surface area contributed by atoms with Gasteiger partial charge in [-0.25, -0.2) is 0 Å². The van der Waals surface area contributed by atoms with E-state index in [4.69, 9.17) is 0 Å². The maximum absolute atomic E-state index is 3.24. The largest absolute Gasteiger partial charge is 0.373 e. The molecular weight excluding hydrogens is 172 g/mol. The molecule has 0 fully saturated rings. The predicted octanol–water partition coefficient (Wildman–Crippen LogP) is 2.04. The summed E-state index contributed by atoms with van der Waals surface area (Å²) in [5.74, 6) is 0. The molecule has 0 bridgehead atoms. The second-order valence-electron chi connectivity index (χ2n) is 3.86. The minimum atomic E-state index is 0.514. The maximum atomic E-state index is 3.24. The van der Waals surface area contributed by atoms with E-state index in [0.717, 1.165) is 6.54 Å². The topological polar surface area (TPSA) is 15.3 Å². The van der Waals surface area contributed by atoms with Gasteiger partial charge in [0.2, 0.25) is 0 Å². The molecular formula is C12H20N2. The lowest BCUT2D eigenvalue weighted by atomic mass is 10.2. The van der Waals surface area contributed by atoms with Crippen molar-refractivity contribution in [2.75, 3.05) is 25.5 Å². The molecule has 78 valence electrons. The SMILES string of the molecule is CNC(C)CN(C)c1ccccc1C. The van der Waals surface area contributed by atoms with Gasteiger partial charge in [0.25, 0.3) is 0 Å². The molecule has 2 nitrogen and oxygen atoms in total. The fourth-order valence-corrected chi connectivity index (χ4v) is 1.59. The van der Waals surface area contributed by atoms with Gasteiger partial charge in [-0.05, 0) is 32.5 Å². The summed E-state index contributed by atoms with van der Waals surface area (Å²) in [4.78, 5) is 2.29. The zero-order chi connectivity index (χ0) is 10.6. The first-order valence-corrected chi connectivity index (χ1v) is 5.09. The molecule has 0 aliphatic rings. The quantitative estimate of drug-likeness (QED) is 0.785. The molecule has 0 spiro atoms. The van der Waals surface area contributed by atoms with Gasteiger partial charge in [-0.1, -0.05) is 18.2 Å². The summed E-state index contributed by atoms with van der Waals surface area (Å²) in [6.07, 6.45) is 0. The van der Waals surface area contributed by atoms with E-state index in [1.165, 1.54) is 11.3 Å². The highest BCUT2D eigenvalue weighted by Gasteiger charge is 2.06. The molecule has 1 atom stereocenters. The molecule has 0 saturated heterocycles. The van der Waals surface area contributed by atoms with Crippen molar-refractivity contribution in [3.63, 3.8) is 0 Å². The lowest BCUT2D eigenvalue weighted by Crippen LogP contribution is -2.35. The highest BCUT2D eigenvalue weighted by molar-refractivity contribution is 5.52. The highest BCUT2D eigenvalue weighted by atomic mass is 15.1. The summed E-state index contributed by atoms with van der Waals surface area (Å²) in [6.45, 7) is 5.37. The van der Waals surface area contributed by atoms with Crippen molar-refractivity contribution < 1.29 is 0 Å². The molecule has 0 aromatic heterocycles. The van der Waals surface area contributed by atoms with Crippen molar-refractivity contribution in [2.24, 2.45) is 0 Å². The van der Waals surface area contributed by atoms with Crippen LogP contribution in [0.5, 0.6) is 0 Å². The first-order chi connectivity index (χ1) is 6.65. The van der Waals surface area contributed by atoms with E-state index in [1.54, 1.807) is 0 Å². The van der Waals surface area contributed by atoms with Crippen LogP contribution in [0.2, 0.25) is 0 Å². The lowest BCUT2D eigenvalue weighted by Gasteiger charge is -2.24. The summed E-state index contributed by atoms with van der Waals surface area (Å²) in [7, 11) is 4.13. The monoisotopic (exact) mass is 192 g/mol. The second kappa shape index (κ2) is 5.01. The number of aryl methyl sites for hydroxylation is 1.